The Balaban J connectivity index is 2.46. The predicted octanol–water partition coefficient (Wildman–Crippen LogP) is 3.89. The summed E-state index contributed by atoms with van der Waals surface area (Å²) in [5.74, 6) is 0. The van der Waals surface area contributed by atoms with E-state index in [1.807, 2.05) is 18.2 Å². The molecule has 0 nitrogen and oxygen atoms in total. The lowest BCUT2D eigenvalue weighted by atomic mass is 10.1. The maximum atomic E-state index is 5.99. The van der Waals surface area contributed by atoms with Gasteiger partial charge in [-0.15, -0.1) is 0 Å². The highest BCUT2D eigenvalue weighted by Gasteiger charge is 1.96. The van der Waals surface area contributed by atoms with Gasteiger partial charge in [0.25, 0.3) is 0 Å². The van der Waals surface area contributed by atoms with Crippen LogP contribution in [-0.4, -0.2) is 0 Å². The van der Waals surface area contributed by atoms with Gasteiger partial charge in [-0.2, -0.15) is 0 Å². The molecule has 0 saturated carbocycles. The first-order chi connectivity index (χ1) is 5.84. The number of hydrogen-bond acceptors (Lipinski definition) is 0. The molecule has 0 N–H and O–H groups in total. The molecule has 1 aromatic rings. The first-order valence-corrected chi connectivity index (χ1v) is 4.75. The second-order valence-corrected chi connectivity index (χ2v) is 3.31. The van der Waals surface area contributed by atoms with E-state index < -0.39 is 0 Å². The summed E-state index contributed by atoms with van der Waals surface area (Å²) in [4.78, 5) is 0. The molecule has 0 saturated heterocycles. The van der Waals surface area contributed by atoms with E-state index in [0.717, 1.165) is 17.9 Å². The molecule has 1 aromatic carbocycles. The van der Waals surface area contributed by atoms with Crippen LogP contribution in [0.15, 0.2) is 24.3 Å². The van der Waals surface area contributed by atoms with Crippen LogP contribution in [0.1, 0.15) is 24.8 Å². The molecule has 0 aromatic heterocycles. The zero-order valence-corrected chi connectivity index (χ0v) is 7.98. The third-order valence-corrected chi connectivity index (χ3v) is 2.27. The fourth-order valence-electron chi connectivity index (χ4n) is 1.19. The van der Waals surface area contributed by atoms with Gasteiger partial charge >= 0.3 is 0 Å². The van der Waals surface area contributed by atoms with Crippen molar-refractivity contribution < 1.29 is 0 Å². The Morgan fingerprint density at radius 1 is 1.17 bits per heavy atom. The van der Waals surface area contributed by atoms with Crippen molar-refractivity contribution in [2.24, 2.45) is 0 Å². The molecule has 0 amide bonds. The summed E-state index contributed by atoms with van der Waals surface area (Å²) in [6.07, 6.45) is 4.47. The average Bonchev–Trinajstić information content (AvgIpc) is 2.09. The zero-order valence-electron chi connectivity index (χ0n) is 7.22. The van der Waals surface area contributed by atoms with E-state index in [1.54, 1.807) is 0 Å². The van der Waals surface area contributed by atoms with Gasteiger partial charge in [0.05, 0.1) is 0 Å². The third kappa shape index (κ3) is 2.86. The van der Waals surface area contributed by atoms with Crippen molar-refractivity contribution in [2.45, 2.75) is 25.7 Å². The number of unbranched alkanes of at least 4 members (excludes halogenated alkanes) is 2. The second kappa shape index (κ2) is 5.21. The van der Waals surface area contributed by atoms with Crippen LogP contribution >= 0.6 is 11.6 Å². The molecule has 0 fully saturated rings. The highest BCUT2D eigenvalue weighted by atomic mass is 35.5. The summed E-state index contributed by atoms with van der Waals surface area (Å²) < 4.78 is 0. The molecule has 1 rings (SSSR count). The van der Waals surface area contributed by atoms with Crippen LogP contribution < -0.4 is 0 Å². The standard InChI is InChI=1S/C11H14Cl/c1-2-3-4-7-10-8-5-6-9-11(10)12/h5-6,8-9H,1-4,7H2. The molecular weight excluding hydrogens is 168 g/mol. The van der Waals surface area contributed by atoms with Crippen molar-refractivity contribution in [1.82, 2.24) is 0 Å². The number of rotatable bonds is 4. The summed E-state index contributed by atoms with van der Waals surface area (Å²) in [5.41, 5.74) is 1.26. The van der Waals surface area contributed by atoms with E-state index in [-0.39, 0.29) is 0 Å². The summed E-state index contributed by atoms with van der Waals surface area (Å²) in [7, 11) is 0. The van der Waals surface area contributed by atoms with E-state index in [9.17, 15) is 0 Å². The lowest BCUT2D eigenvalue weighted by Gasteiger charge is -2.01. The molecule has 0 aliphatic heterocycles. The van der Waals surface area contributed by atoms with E-state index in [0.29, 0.717) is 0 Å². The number of benzene rings is 1. The predicted molar refractivity (Wildman–Crippen MR) is 54.4 cm³/mol. The minimum atomic E-state index is 0.890. The smallest absolute Gasteiger partial charge is 0.0437 e. The fraction of sp³-hybridized carbons (Fsp3) is 0.364. The minimum Gasteiger partial charge on any atom is -0.0840 e. The van der Waals surface area contributed by atoms with Gasteiger partial charge in [-0.25, -0.2) is 0 Å². The molecule has 12 heavy (non-hydrogen) atoms. The first-order valence-electron chi connectivity index (χ1n) is 4.37. The van der Waals surface area contributed by atoms with Crippen LogP contribution in [0.2, 0.25) is 5.02 Å². The Labute approximate surface area is 79.6 Å². The number of hydrogen-bond donors (Lipinski definition) is 0. The lowest BCUT2D eigenvalue weighted by molar-refractivity contribution is 0.746. The maximum Gasteiger partial charge on any atom is 0.0437 e. The zero-order chi connectivity index (χ0) is 8.81. The van der Waals surface area contributed by atoms with Gasteiger partial charge in [-0.05, 0) is 24.5 Å². The summed E-state index contributed by atoms with van der Waals surface area (Å²) in [6.45, 7) is 3.81. The van der Waals surface area contributed by atoms with Crippen LogP contribution in [0.5, 0.6) is 0 Å². The molecule has 0 aliphatic rings. The van der Waals surface area contributed by atoms with E-state index >= 15 is 0 Å². The van der Waals surface area contributed by atoms with Gasteiger partial charge in [0.15, 0.2) is 0 Å². The number of halogens is 1. The SMILES string of the molecule is [CH2]CCCCc1ccccc1Cl. The van der Waals surface area contributed by atoms with Crippen molar-refractivity contribution in [1.29, 1.82) is 0 Å². The van der Waals surface area contributed by atoms with Crippen molar-refractivity contribution in [3.05, 3.63) is 41.8 Å². The molecule has 1 heteroatoms. The summed E-state index contributed by atoms with van der Waals surface area (Å²) >= 11 is 5.99. The van der Waals surface area contributed by atoms with E-state index in [1.165, 1.54) is 18.4 Å². The molecule has 65 valence electrons. The molecule has 0 bridgehead atoms. The van der Waals surface area contributed by atoms with Crippen molar-refractivity contribution in [3.8, 4) is 0 Å². The molecule has 0 spiro atoms. The largest absolute Gasteiger partial charge is 0.0840 e. The van der Waals surface area contributed by atoms with Gasteiger partial charge in [-0.1, -0.05) is 49.6 Å². The molecule has 0 heterocycles. The molecule has 0 atom stereocenters. The van der Waals surface area contributed by atoms with Crippen LogP contribution in [0, 0.1) is 6.92 Å². The third-order valence-electron chi connectivity index (χ3n) is 1.90. The van der Waals surface area contributed by atoms with Crippen molar-refractivity contribution >= 4 is 11.6 Å². The molecule has 0 unspecified atom stereocenters. The first kappa shape index (κ1) is 9.60. The van der Waals surface area contributed by atoms with Crippen LogP contribution in [-0.2, 0) is 6.42 Å². The van der Waals surface area contributed by atoms with Crippen molar-refractivity contribution in [2.75, 3.05) is 0 Å². The Kier molecular flexibility index (Phi) is 4.16. The minimum absolute atomic E-state index is 0.890. The lowest BCUT2D eigenvalue weighted by Crippen LogP contribution is -1.85. The quantitative estimate of drug-likeness (QED) is 0.619. The van der Waals surface area contributed by atoms with E-state index in [4.69, 9.17) is 11.6 Å². The Bertz CT molecular complexity index is 230. The van der Waals surface area contributed by atoms with Gasteiger partial charge in [0, 0.05) is 5.02 Å². The fourth-order valence-corrected chi connectivity index (χ4v) is 1.42. The molecule has 0 aliphatic carbocycles. The Hall–Kier alpha value is -0.490. The highest BCUT2D eigenvalue weighted by Crippen LogP contribution is 2.17. The highest BCUT2D eigenvalue weighted by molar-refractivity contribution is 6.31. The second-order valence-electron chi connectivity index (χ2n) is 2.90. The van der Waals surface area contributed by atoms with Crippen LogP contribution in [0.25, 0.3) is 0 Å². The van der Waals surface area contributed by atoms with Crippen LogP contribution in [0.4, 0.5) is 0 Å². The topological polar surface area (TPSA) is 0 Å². The monoisotopic (exact) mass is 181 g/mol. The van der Waals surface area contributed by atoms with Gasteiger partial charge in [-0.3, -0.25) is 0 Å². The van der Waals surface area contributed by atoms with Gasteiger partial charge < -0.3 is 0 Å². The van der Waals surface area contributed by atoms with Gasteiger partial charge in [0.2, 0.25) is 0 Å². The Morgan fingerprint density at radius 3 is 2.58 bits per heavy atom. The normalized spacial score (nSPS) is 10.2. The van der Waals surface area contributed by atoms with E-state index in [2.05, 4.69) is 13.0 Å². The maximum absolute atomic E-state index is 5.99. The van der Waals surface area contributed by atoms with Crippen LogP contribution in [0.3, 0.4) is 0 Å². The van der Waals surface area contributed by atoms with Crippen molar-refractivity contribution in [3.63, 3.8) is 0 Å². The summed E-state index contributed by atoms with van der Waals surface area (Å²) in [5, 5.41) is 0.890. The molecular formula is C11H14Cl. The average molecular weight is 182 g/mol. The van der Waals surface area contributed by atoms with Gasteiger partial charge in [0.1, 0.15) is 0 Å². The number of aryl methyl sites for hydroxylation is 1. The molecule has 1 radical (unpaired) electrons. The summed E-state index contributed by atoms with van der Waals surface area (Å²) in [6, 6.07) is 8.03. The Morgan fingerprint density at radius 2 is 1.92 bits per heavy atom.